The molecule has 5 nitrogen and oxygen atoms in total. The Kier molecular flexibility index (Phi) is 10.7. The van der Waals surface area contributed by atoms with Gasteiger partial charge >= 0.3 is 0 Å². The normalized spacial score (nSPS) is 12.8. The number of pyridine rings is 1. The van der Waals surface area contributed by atoms with Crippen LogP contribution in [0.25, 0.3) is 5.70 Å². The third kappa shape index (κ3) is 9.39. The highest BCUT2D eigenvalue weighted by Gasteiger charge is 2.21. The number of aromatic nitrogens is 2. The van der Waals surface area contributed by atoms with Crippen LogP contribution in [0.5, 0.6) is 0 Å². The largest absolute Gasteiger partial charge is 0.387 e. The third-order valence-electron chi connectivity index (χ3n) is 6.90. The summed E-state index contributed by atoms with van der Waals surface area (Å²) in [5.41, 5.74) is 3.25. The number of hydrogen-bond acceptors (Lipinski definition) is 5. The van der Waals surface area contributed by atoms with Gasteiger partial charge in [-0.1, -0.05) is 64.1 Å². The molecule has 0 saturated heterocycles. The second-order valence-corrected chi connectivity index (χ2v) is 11.9. The molecule has 1 aromatic carbocycles. The Hall–Kier alpha value is -3.00. The molecule has 0 spiro atoms. The minimum Gasteiger partial charge on any atom is -0.387 e. The molecule has 0 atom stereocenters. The molecule has 8 heteroatoms. The van der Waals surface area contributed by atoms with Gasteiger partial charge in [-0.15, -0.1) is 11.3 Å². The first-order chi connectivity index (χ1) is 18.1. The average Bonchev–Trinajstić information content (AvgIpc) is 3.61. The molecule has 0 unspecified atom stereocenters. The number of nitrogens with zero attached hydrogens (tertiary/aromatic N) is 2. The van der Waals surface area contributed by atoms with E-state index in [-0.39, 0.29) is 11.0 Å². The second kappa shape index (κ2) is 13.7. The van der Waals surface area contributed by atoms with Crippen LogP contribution in [-0.2, 0) is 6.42 Å². The first kappa shape index (κ1) is 29.6. The van der Waals surface area contributed by atoms with Gasteiger partial charge in [0.2, 0.25) is 0 Å². The van der Waals surface area contributed by atoms with Gasteiger partial charge in [0.15, 0.2) is 7.28 Å². The van der Waals surface area contributed by atoms with E-state index < -0.39 is 11.7 Å². The van der Waals surface area contributed by atoms with Crippen LogP contribution < -0.4 is 16.1 Å². The average molecular weight is 534 g/mol. The summed E-state index contributed by atoms with van der Waals surface area (Å²) in [4.78, 5) is 21.9. The third-order valence-corrected chi connectivity index (χ3v) is 7.88. The quantitative estimate of drug-likeness (QED) is 0.271. The number of halogens is 1. The van der Waals surface area contributed by atoms with E-state index in [1.54, 1.807) is 35.7 Å². The summed E-state index contributed by atoms with van der Waals surface area (Å²) in [7, 11) is 3.89. The van der Waals surface area contributed by atoms with Gasteiger partial charge in [-0.25, -0.2) is 14.4 Å². The topological polar surface area (TPSA) is 66.9 Å². The molecule has 1 aliphatic carbocycles. The van der Waals surface area contributed by atoms with Crippen molar-refractivity contribution in [2.24, 2.45) is 11.3 Å². The van der Waals surface area contributed by atoms with Gasteiger partial charge < -0.3 is 10.6 Å². The first-order valence-corrected chi connectivity index (χ1v) is 14.1. The molecule has 1 saturated carbocycles. The summed E-state index contributed by atoms with van der Waals surface area (Å²) in [5.74, 6) is 0.256. The predicted octanol–water partition coefficient (Wildman–Crippen LogP) is 6.64. The van der Waals surface area contributed by atoms with Crippen LogP contribution in [0.3, 0.4) is 0 Å². The Morgan fingerprint density at radius 2 is 1.97 bits per heavy atom. The number of nitrogens with one attached hydrogen (secondary N) is 2. The van der Waals surface area contributed by atoms with Crippen molar-refractivity contribution in [3.05, 3.63) is 76.1 Å². The fourth-order valence-electron chi connectivity index (χ4n) is 3.73. The van der Waals surface area contributed by atoms with Crippen LogP contribution in [0.15, 0.2) is 49.3 Å². The number of benzene rings is 1. The first-order valence-electron chi connectivity index (χ1n) is 13.3. The molecular formula is C30H39BFN4OS. The highest BCUT2D eigenvalue weighted by Crippen LogP contribution is 2.32. The highest BCUT2D eigenvalue weighted by atomic mass is 32.1. The van der Waals surface area contributed by atoms with Gasteiger partial charge in [0.1, 0.15) is 11.6 Å². The Morgan fingerprint density at radius 1 is 1.21 bits per heavy atom. The Labute approximate surface area is 231 Å². The van der Waals surface area contributed by atoms with Gasteiger partial charge in [0.05, 0.1) is 15.4 Å². The van der Waals surface area contributed by atoms with Gasteiger partial charge in [0.25, 0.3) is 5.91 Å². The summed E-state index contributed by atoms with van der Waals surface area (Å²) < 4.78 is 14.4. The zero-order valence-corrected chi connectivity index (χ0v) is 24.1. The molecule has 0 bridgehead atoms. The fraction of sp³-hybridized carbons (Fsp3) is 0.433. The van der Waals surface area contributed by atoms with Crippen molar-refractivity contribution in [3.63, 3.8) is 0 Å². The van der Waals surface area contributed by atoms with Crippen LogP contribution in [-0.4, -0.2) is 30.2 Å². The Morgan fingerprint density at radius 3 is 2.53 bits per heavy atom. The van der Waals surface area contributed by atoms with E-state index in [4.69, 9.17) is 0 Å². The summed E-state index contributed by atoms with van der Waals surface area (Å²) in [5, 5.41) is 6.73. The molecule has 38 heavy (non-hydrogen) atoms. The lowest BCUT2D eigenvalue weighted by molar-refractivity contribution is 0.102. The van der Waals surface area contributed by atoms with E-state index >= 15 is 0 Å². The van der Waals surface area contributed by atoms with Crippen LogP contribution in [0.1, 0.15) is 72.3 Å². The molecule has 2 heterocycles. The van der Waals surface area contributed by atoms with Crippen LogP contribution in [0.2, 0.25) is 6.32 Å². The van der Waals surface area contributed by atoms with Crippen molar-refractivity contribution >= 4 is 41.5 Å². The molecule has 1 radical (unpaired) electrons. The van der Waals surface area contributed by atoms with E-state index in [1.807, 2.05) is 33.5 Å². The van der Waals surface area contributed by atoms with Crippen molar-refractivity contribution in [1.29, 1.82) is 0 Å². The Bertz CT molecular complexity index is 1220. The summed E-state index contributed by atoms with van der Waals surface area (Å²) >= 11 is 1.65. The number of aryl methyl sites for hydroxylation is 1. The standard InChI is InChI=1S/C23H29BFN2O.C7H10N2S/c1-4-23(2,3)11-12-24-18-8-9-19(20(25)14-18)22(28)27-21-10-7-17(15-26-21)13-16-5-6-16;1-5(8-3)7-4-9-6(2)10-7/h7-10,14-16H,4-6,11-13H2,1-3H3,(H,26,27,28);4,8H,1H2,2-3H3. The summed E-state index contributed by atoms with van der Waals surface area (Å²) in [6, 6.07) is 8.53. The molecule has 1 aliphatic rings. The lowest BCUT2D eigenvalue weighted by Gasteiger charge is -2.22. The van der Waals surface area contributed by atoms with Crippen LogP contribution >= 0.6 is 11.3 Å². The zero-order chi connectivity index (χ0) is 27.7. The van der Waals surface area contributed by atoms with Gasteiger partial charge in [-0.2, -0.15) is 0 Å². The molecule has 2 aromatic heterocycles. The molecule has 3 aromatic rings. The molecule has 0 aliphatic heterocycles. The fourth-order valence-corrected chi connectivity index (χ4v) is 4.49. The molecule has 2 N–H and O–H groups in total. The number of hydrogen-bond donors (Lipinski definition) is 2. The molecule has 4 rings (SSSR count). The maximum Gasteiger partial charge on any atom is 0.259 e. The number of anilines is 1. The lowest BCUT2D eigenvalue weighted by Crippen LogP contribution is -2.21. The predicted molar refractivity (Wildman–Crippen MR) is 159 cm³/mol. The van der Waals surface area contributed by atoms with Crippen molar-refractivity contribution in [3.8, 4) is 0 Å². The van der Waals surface area contributed by atoms with E-state index in [2.05, 4.69) is 48.0 Å². The molecule has 1 amide bonds. The van der Waals surface area contributed by atoms with Crippen molar-refractivity contribution in [1.82, 2.24) is 15.3 Å². The molecular weight excluding hydrogens is 494 g/mol. The van der Waals surface area contributed by atoms with E-state index in [1.165, 1.54) is 24.5 Å². The van der Waals surface area contributed by atoms with Crippen LogP contribution in [0, 0.1) is 24.1 Å². The van der Waals surface area contributed by atoms with Gasteiger partial charge in [-0.05, 0) is 61.3 Å². The van der Waals surface area contributed by atoms with Crippen molar-refractivity contribution in [2.75, 3.05) is 12.4 Å². The van der Waals surface area contributed by atoms with Crippen molar-refractivity contribution < 1.29 is 9.18 Å². The number of amides is 1. The minimum atomic E-state index is -0.508. The lowest BCUT2D eigenvalue weighted by atomic mass is 9.63. The smallest absolute Gasteiger partial charge is 0.259 e. The summed E-state index contributed by atoms with van der Waals surface area (Å²) in [6.45, 7) is 12.5. The van der Waals surface area contributed by atoms with E-state index in [0.717, 1.165) is 52.5 Å². The molecule has 201 valence electrons. The zero-order valence-electron chi connectivity index (χ0n) is 23.2. The number of thiazole rings is 1. The number of carbonyl (C=O) groups excluding carboxylic acids is 1. The van der Waals surface area contributed by atoms with E-state index in [9.17, 15) is 9.18 Å². The number of rotatable bonds is 11. The van der Waals surface area contributed by atoms with Crippen molar-refractivity contribution in [2.45, 2.75) is 66.1 Å². The monoisotopic (exact) mass is 533 g/mol. The maximum absolute atomic E-state index is 14.4. The van der Waals surface area contributed by atoms with E-state index in [0.29, 0.717) is 5.82 Å². The second-order valence-electron chi connectivity index (χ2n) is 10.6. The molecule has 1 fully saturated rings. The summed E-state index contributed by atoms with van der Waals surface area (Å²) in [6.07, 6.45) is 10.3. The number of carbonyl (C=O) groups is 1. The SMILES string of the molecule is C=C(NC)c1cnc(C)s1.CCC(C)(C)CC[B]c1ccc(C(=O)Nc2ccc(CC3CC3)cn2)c(F)c1. The maximum atomic E-state index is 14.4. The van der Waals surface area contributed by atoms with Gasteiger partial charge in [0, 0.05) is 25.1 Å². The Balaban J connectivity index is 0.000000336. The highest BCUT2D eigenvalue weighted by molar-refractivity contribution is 7.12. The minimum absolute atomic E-state index is 0.0369. The van der Waals surface area contributed by atoms with Gasteiger partial charge in [-0.3, -0.25) is 4.79 Å². The van der Waals surface area contributed by atoms with Crippen LogP contribution in [0.4, 0.5) is 10.2 Å².